The molecule has 4 aliphatic rings. The Hall–Kier alpha value is 0.646. The van der Waals surface area contributed by atoms with Crippen LogP contribution in [0.15, 0.2) is 134 Å². The Labute approximate surface area is 535 Å². The molecule has 0 amide bonds. The topological polar surface area (TPSA) is 90.8 Å². The van der Waals surface area contributed by atoms with Gasteiger partial charge >= 0.3 is 95.6 Å². The van der Waals surface area contributed by atoms with Gasteiger partial charge in [0.1, 0.15) is 0 Å². The standard InChI is InChI=1S/C11H11N3.2C11H10N3.C8H12.4CH4.2CH3.HI2S.I2.2HI.Ir.K.H/c3*1-13-6-7-14(9-13)11-4-2-10(8-12)3-5-11;1-2-4-6-8-7-5-3-1;;;;;;;1-2-3;1-2;;;;;/h2-7H,9H2,1H3;2*2-7,9H,1H3;1-2,7-8H,3-6H2;4*1H4;2*1H3;3H;;2*1H;;;/q;2*-1;;;;;;3*-1;;;;;+1;-1/p-2/b;;;2-1-,8-7?;;;;;;;;;;;;;. The summed E-state index contributed by atoms with van der Waals surface area (Å²) >= 11 is 6.76. The maximum atomic E-state index is 8.65. The Balaban J connectivity index is -0.0000000735. The fraction of sp³-hybridized carbons (Fsp3) is 0.255. The molecule has 1 aliphatic carbocycles. The first kappa shape index (κ1) is 85.5. The molecule has 0 aromatic heterocycles. The molecule has 3 aromatic rings. The molecule has 0 bridgehead atoms. The van der Waals surface area contributed by atoms with Crippen molar-refractivity contribution < 1.29 is 137 Å². The van der Waals surface area contributed by atoms with E-state index >= 15 is 0 Å². The smallest absolute Gasteiger partial charge is 1.00 e. The van der Waals surface area contributed by atoms with E-state index in [-0.39, 0.29) is 181 Å². The second-order valence-electron chi connectivity index (χ2n) is 11.8. The van der Waals surface area contributed by atoms with Gasteiger partial charge in [-0.2, -0.15) is 29.1 Å². The molecule has 0 atom stereocenters. The van der Waals surface area contributed by atoms with E-state index in [1.165, 1.54) is 25.7 Å². The van der Waals surface area contributed by atoms with Crippen LogP contribution in [-0.2, 0) is 20.1 Å². The third-order valence-corrected chi connectivity index (χ3v) is 7.66. The van der Waals surface area contributed by atoms with Crippen LogP contribution >= 0.6 is 65.6 Å². The summed E-state index contributed by atoms with van der Waals surface area (Å²) in [6, 6.07) is 28.9. The van der Waals surface area contributed by atoms with Gasteiger partial charge in [-0.25, -0.2) is 0 Å². The number of halogens is 6. The van der Waals surface area contributed by atoms with Gasteiger partial charge in [-0.1, -0.05) is 54.0 Å². The number of anilines is 3. The SMILES string of the molecule is C.C.C.C.C1=CCC/C=C\CC1.CN1C=CN(c2ccc(C#N)cc2)C1.CN1C=CN(c2ccc(C#N)cc2)[CH-]1.CN1C=CN(c2ccc(C#N)cc2)[CH-]1.II.S[I-]I.[CH3-].[CH3-].[H-].[I-].[I-].[Ir].[K+]. The van der Waals surface area contributed by atoms with Crippen LogP contribution in [0.25, 0.3) is 0 Å². The van der Waals surface area contributed by atoms with Gasteiger partial charge in [0.2, 0.25) is 0 Å². The first-order chi connectivity index (χ1) is 26.8. The van der Waals surface area contributed by atoms with Gasteiger partial charge in [0.05, 0.1) is 41.6 Å². The van der Waals surface area contributed by atoms with Crippen LogP contribution in [0.3, 0.4) is 0 Å². The number of hydrogen-bond donors (Lipinski definition) is 1. The van der Waals surface area contributed by atoms with E-state index in [0.717, 1.165) is 23.7 Å². The Morgan fingerprint density at radius 2 is 0.831 bits per heavy atom. The number of benzene rings is 3. The number of rotatable bonds is 3. The van der Waals surface area contributed by atoms with Gasteiger partial charge < -0.3 is 93.6 Å². The van der Waals surface area contributed by atoms with Crippen molar-refractivity contribution in [3.8, 4) is 18.2 Å². The Morgan fingerprint density at radius 3 is 1.05 bits per heavy atom. The van der Waals surface area contributed by atoms with Gasteiger partial charge in [-0.15, -0.1) is 0 Å². The number of thiol groups is 1. The van der Waals surface area contributed by atoms with Gasteiger partial charge in [0, 0.05) is 93.8 Å². The molecular weight excluding hydrogens is 1720 g/mol. The molecule has 18 heteroatoms. The predicted molar refractivity (Wildman–Crippen MR) is 294 cm³/mol. The molecule has 3 aromatic carbocycles. The molecule has 7 rings (SSSR count). The minimum Gasteiger partial charge on any atom is -1.00 e. The molecule has 0 fully saturated rings. The number of nitrogens with zero attached hydrogens (tertiary/aromatic N) is 9. The van der Waals surface area contributed by atoms with Crippen LogP contribution in [0.5, 0.6) is 0 Å². The van der Waals surface area contributed by atoms with Crippen LogP contribution in [0.4, 0.5) is 17.1 Å². The van der Waals surface area contributed by atoms with Gasteiger partial charge in [-0.05, 0) is 137 Å². The summed E-state index contributed by atoms with van der Waals surface area (Å²) in [6.07, 6.45) is 25.9. The van der Waals surface area contributed by atoms with Gasteiger partial charge in [0.15, 0.2) is 0 Å². The summed E-state index contributed by atoms with van der Waals surface area (Å²) in [4.78, 5) is 12.2. The Morgan fingerprint density at radius 1 is 0.554 bits per heavy atom. The maximum absolute atomic E-state index is 8.65. The maximum Gasteiger partial charge on any atom is 1.00 e. The summed E-state index contributed by atoms with van der Waals surface area (Å²) in [6.45, 7) is 4.81. The largest absolute Gasteiger partial charge is 1.00 e. The van der Waals surface area contributed by atoms with E-state index in [1.807, 2.05) is 164 Å². The minimum absolute atomic E-state index is 0. The second-order valence-corrected chi connectivity index (χ2v) is 20.3. The van der Waals surface area contributed by atoms with Gasteiger partial charge in [0.25, 0.3) is 0 Å². The molecule has 0 saturated carbocycles. The van der Waals surface area contributed by atoms with Crippen molar-refractivity contribution in [1.82, 2.24) is 14.7 Å². The molecule has 9 nitrogen and oxygen atoms in total. The summed E-state index contributed by atoms with van der Waals surface area (Å²) in [7, 11) is 9.86. The molecule has 0 unspecified atom stereocenters. The second kappa shape index (κ2) is 54.0. The van der Waals surface area contributed by atoms with Crippen molar-refractivity contribution in [3.63, 3.8) is 0 Å². The predicted octanol–water partition coefficient (Wildman–Crippen LogP) is 2.82. The molecule has 65 heavy (non-hydrogen) atoms. The first-order valence-electron chi connectivity index (χ1n) is 16.9. The van der Waals surface area contributed by atoms with Crippen molar-refractivity contribution in [2.45, 2.75) is 55.4 Å². The quantitative estimate of drug-likeness (QED) is 0.140. The van der Waals surface area contributed by atoms with Crippen molar-refractivity contribution in [3.05, 3.63) is 179 Å². The fourth-order valence-electron chi connectivity index (χ4n) is 4.90. The summed E-state index contributed by atoms with van der Waals surface area (Å²) in [5.41, 5.74) is 5.31. The molecule has 3 heterocycles. The Kier molecular flexibility index (Phi) is 71.0. The van der Waals surface area contributed by atoms with Gasteiger partial charge in [-0.3, -0.25) is 0 Å². The molecule has 0 N–H and O–H groups in total. The minimum atomic E-state index is 0. The average molecular weight is 1780 g/mol. The van der Waals surface area contributed by atoms with Crippen molar-refractivity contribution >= 4 is 82.7 Å². The number of allylic oxidation sites excluding steroid dienone is 4. The Bertz CT molecular complexity index is 1630. The molecule has 365 valence electrons. The molecular formula is C47H67I6IrKN9S-7. The van der Waals surface area contributed by atoms with E-state index in [9.17, 15) is 0 Å². The molecule has 0 spiro atoms. The van der Waals surface area contributed by atoms with E-state index in [4.69, 9.17) is 15.8 Å². The number of hydrogen-bond acceptors (Lipinski definition) is 10. The summed E-state index contributed by atoms with van der Waals surface area (Å²) in [5.74, 6) is 0. The normalized spacial score (nSPS) is 12.8. The zero-order valence-electron chi connectivity index (χ0n) is 36.0. The molecule has 0 saturated heterocycles. The third kappa shape index (κ3) is 36.3. The van der Waals surface area contributed by atoms with Crippen molar-refractivity contribution in [2.24, 2.45) is 0 Å². The van der Waals surface area contributed by atoms with E-state index < -0.39 is 0 Å². The monoisotopic (exact) mass is 1780 g/mol. The number of nitriles is 3. The third-order valence-electron chi connectivity index (χ3n) is 7.66. The van der Waals surface area contributed by atoms with Crippen LogP contribution in [0.1, 0.15) is 73.5 Å². The summed E-state index contributed by atoms with van der Waals surface area (Å²) < 4.78 is 0. The van der Waals surface area contributed by atoms with Crippen LogP contribution < -0.4 is 130 Å². The van der Waals surface area contributed by atoms with E-state index in [1.54, 1.807) is 0 Å². The fourth-order valence-corrected chi connectivity index (χ4v) is 4.90. The van der Waals surface area contributed by atoms with Crippen LogP contribution in [0, 0.1) is 62.2 Å². The first-order valence-corrected chi connectivity index (χ1v) is 32.7. The summed E-state index contributed by atoms with van der Waals surface area (Å²) in [5, 5.41) is 25.9. The van der Waals surface area contributed by atoms with Crippen molar-refractivity contribution in [1.29, 1.82) is 15.8 Å². The molecule has 1 radical (unpaired) electrons. The zero-order chi connectivity index (χ0) is 40.3. The zero-order valence-corrected chi connectivity index (χ0v) is 54.3. The van der Waals surface area contributed by atoms with Crippen LogP contribution in [-0.4, -0.2) is 42.5 Å². The van der Waals surface area contributed by atoms with Crippen molar-refractivity contribution in [2.75, 3.05) is 42.5 Å². The van der Waals surface area contributed by atoms with E-state index in [0.29, 0.717) is 16.7 Å². The average Bonchev–Trinajstić information content (AvgIpc) is 3.98. The van der Waals surface area contributed by atoms with E-state index in [2.05, 4.69) is 118 Å². The van der Waals surface area contributed by atoms with Crippen LogP contribution in [0.2, 0.25) is 0 Å². The molecule has 3 aliphatic heterocycles.